The highest BCUT2D eigenvalue weighted by atomic mass is 32.2. The highest BCUT2D eigenvalue weighted by Crippen LogP contribution is 2.51. The molecule has 152 valence electrons. The fourth-order valence-electron chi connectivity index (χ4n) is 6.69. The van der Waals surface area contributed by atoms with Gasteiger partial charge < -0.3 is 4.74 Å². The number of thioether (sulfide) groups is 1. The molecule has 0 heterocycles. The summed E-state index contributed by atoms with van der Waals surface area (Å²) in [4.78, 5) is 12.4. The molecular formula is C24H38O2S. The summed E-state index contributed by atoms with van der Waals surface area (Å²) < 4.78 is 5.95. The number of ether oxygens (including phenoxy) is 1. The van der Waals surface area contributed by atoms with Gasteiger partial charge in [0.15, 0.2) is 0 Å². The van der Waals surface area contributed by atoms with Crippen molar-refractivity contribution < 1.29 is 9.53 Å². The van der Waals surface area contributed by atoms with Crippen LogP contribution in [0.15, 0.2) is 12.2 Å². The molecular weight excluding hydrogens is 352 g/mol. The van der Waals surface area contributed by atoms with Crippen molar-refractivity contribution in [2.75, 3.05) is 11.5 Å². The molecule has 0 aliphatic heterocycles. The van der Waals surface area contributed by atoms with Crippen LogP contribution in [-0.4, -0.2) is 23.1 Å². The van der Waals surface area contributed by atoms with Crippen molar-refractivity contribution in [2.45, 2.75) is 89.6 Å². The Morgan fingerprint density at radius 2 is 1.78 bits per heavy atom. The number of carbonyl (C=O) groups excluding carboxylic acids is 1. The molecule has 0 aromatic rings. The average Bonchev–Trinajstić information content (AvgIpc) is 3.15. The van der Waals surface area contributed by atoms with E-state index in [1.165, 1.54) is 63.5 Å². The van der Waals surface area contributed by atoms with Crippen LogP contribution in [0.25, 0.3) is 0 Å². The Morgan fingerprint density at radius 3 is 2.52 bits per heavy atom. The van der Waals surface area contributed by atoms with Gasteiger partial charge >= 0.3 is 5.97 Å². The number of rotatable bonds is 6. The van der Waals surface area contributed by atoms with Crippen molar-refractivity contribution in [3.63, 3.8) is 0 Å². The average molecular weight is 391 g/mol. The fourth-order valence-corrected chi connectivity index (χ4v) is 7.75. The minimum Gasteiger partial charge on any atom is -0.458 e. The first-order valence-electron chi connectivity index (χ1n) is 11.6. The van der Waals surface area contributed by atoms with Crippen LogP contribution in [-0.2, 0) is 9.53 Å². The van der Waals surface area contributed by atoms with Crippen LogP contribution in [0, 0.1) is 29.6 Å². The monoisotopic (exact) mass is 390 g/mol. The van der Waals surface area contributed by atoms with E-state index < -0.39 is 0 Å². The molecule has 0 N–H and O–H groups in total. The number of allylic oxidation sites excluding steroid dienone is 2. The maximum absolute atomic E-state index is 12.4. The summed E-state index contributed by atoms with van der Waals surface area (Å²) in [6.07, 6.45) is 20.2. The van der Waals surface area contributed by atoms with Crippen molar-refractivity contribution in [1.82, 2.24) is 0 Å². The second kappa shape index (κ2) is 8.93. The van der Waals surface area contributed by atoms with Crippen molar-refractivity contribution in [1.29, 1.82) is 0 Å². The maximum atomic E-state index is 12.4. The number of hydrogen-bond donors (Lipinski definition) is 0. The molecule has 4 rings (SSSR count). The second-order valence-electron chi connectivity index (χ2n) is 9.78. The molecule has 5 atom stereocenters. The Hall–Kier alpha value is -0.440. The van der Waals surface area contributed by atoms with Crippen molar-refractivity contribution in [2.24, 2.45) is 29.6 Å². The SMILES string of the molecule is CCC1(OC(=O)CSCC2CCCC3CC4CC=CCC4CC23)CCCC1. The van der Waals surface area contributed by atoms with Gasteiger partial charge in [-0.1, -0.05) is 31.9 Å². The van der Waals surface area contributed by atoms with E-state index in [9.17, 15) is 4.79 Å². The van der Waals surface area contributed by atoms with Crippen LogP contribution in [0.4, 0.5) is 0 Å². The Kier molecular flexibility index (Phi) is 6.57. The van der Waals surface area contributed by atoms with E-state index in [0.717, 1.165) is 48.9 Å². The summed E-state index contributed by atoms with van der Waals surface area (Å²) in [7, 11) is 0. The van der Waals surface area contributed by atoms with Crippen molar-refractivity contribution >= 4 is 17.7 Å². The molecule has 3 heteroatoms. The zero-order valence-corrected chi connectivity index (χ0v) is 18.0. The molecule has 3 saturated carbocycles. The van der Waals surface area contributed by atoms with E-state index in [2.05, 4.69) is 19.1 Å². The highest BCUT2D eigenvalue weighted by Gasteiger charge is 2.42. The molecule has 27 heavy (non-hydrogen) atoms. The van der Waals surface area contributed by atoms with Gasteiger partial charge in [0.25, 0.3) is 0 Å². The normalized spacial score (nSPS) is 37.4. The fraction of sp³-hybridized carbons (Fsp3) is 0.875. The summed E-state index contributed by atoms with van der Waals surface area (Å²) in [5, 5.41) is 0. The largest absolute Gasteiger partial charge is 0.458 e. The lowest BCUT2D eigenvalue weighted by molar-refractivity contribution is -0.156. The first-order chi connectivity index (χ1) is 13.2. The Balaban J connectivity index is 1.25. The lowest BCUT2D eigenvalue weighted by Crippen LogP contribution is -2.39. The predicted molar refractivity (Wildman–Crippen MR) is 114 cm³/mol. The van der Waals surface area contributed by atoms with Gasteiger partial charge in [0.2, 0.25) is 0 Å². The summed E-state index contributed by atoms with van der Waals surface area (Å²) in [5.41, 5.74) is -0.125. The van der Waals surface area contributed by atoms with Crippen molar-refractivity contribution in [3.8, 4) is 0 Å². The first kappa shape index (κ1) is 19.9. The van der Waals surface area contributed by atoms with E-state index in [4.69, 9.17) is 4.74 Å². The Morgan fingerprint density at radius 1 is 1.04 bits per heavy atom. The number of carbonyl (C=O) groups is 1. The Bertz CT molecular complexity index is 536. The predicted octanol–water partition coefficient (Wildman–Crippen LogP) is 6.39. The van der Waals surface area contributed by atoms with Gasteiger partial charge in [-0.3, -0.25) is 4.79 Å². The smallest absolute Gasteiger partial charge is 0.316 e. The van der Waals surface area contributed by atoms with E-state index in [1.807, 2.05) is 11.8 Å². The maximum Gasteiger partial charge on any atom is 0.316 e. The van der Waals surface area contributed by atoms with Gasteiger partial charge in [0.1, 0.15) is 5.60 Å². The molecule has 0 bridgehead atoms. The molecule has 0 radical (unpaired) electrons. The zero-order valence-electron chi connectivity index (χ0n) is 17.2. The zero-order chi connectivity index (χ0) is 18.7. The standard InChI is InChI=1S/C24H38O2S/c1-2-24(12-5-6-13-24)26-23(25)17-27-16-21-11-7-10-20-14-18-8-3-4-9-19(18)15-22(20)21/h3-4,18-22H,2,5-17H2,1H3. The van der Waals surface area contributed by atoms with E-state index in [-0.39, 0.29) is 11.6 Å². The molecule has 0 saturated heterocycles. The first-order valence-corrected chi connectivity index (χ1v) is 12.8. The summed E-state index contributed by atoms with van der Waals surface area (Å²) in [6.45, 7) is 2.17. The minimum atomic E-state index is -0.125. The molecule has 0 spiro atoms. The minimum absolute atomic E-state index is 0.0391. The molecule has 3 fully saturated rings. The third-order valence-corrected chi connectivity index (χ3v) is 9.40. The molecule has 0 aromatic heterocycles. The van der Waals surface area contributed by atoms with E-state index in [0.29, 0.717) is 5.75 Å². The van der Waals surface area contributed by atoms with Crippen LogP contribution in [0.3, 0.4) is 0 Å². The van der Waals surface area contributed by atoms with Crippen LogP contribution in [0.5, 0.6) is 0 Å². The van der Waals surface area contributed by atoms with Crippen molar-refractivity contribution in [3.05, 3.63) is 12.2 Å². The summed E-state index contributed by atoms with van der Waals surface area (Å²) >= 11 is 1.86. The third kappa shape index (κ3) is 4.60. The van der Waals surface area contributed by atoms with Crippen LogP contribution in [0.1, 0.15) is 84.0 Å². The topological polar surface area (TPSA) is 26.3 Å². The quantitative estimate of drug-likeness (QED) is 0.388. The molecule has 4 aliphatic rings. The molecule has 2 nitrogen and oxygen atoms in total. The molecule has 0 amide bonds. The van der Waals surface area contributed by atoms with Gasteiger partial charge in [-0.15, -0.1) is 11.8 Å². The third-order valence-electron chi connectivity index (χ3n) is 8.29. The molecule has 0 aromatic carbocycles. The van der Waals surface area contributed by atoms with Crippen LogP contribution >= 0.6 is 11.8 Å². The van der Waals surface area contributed by atoms with E-state index in [1.54, 1.807) is 0 Å². The summed E-state index contributed by atoms with van der Waals surface area (Å²) in [6, 6.07) is 0. The number of hydrogen-bond acceptors (Lipinski definition) is 3. The van der Waals surface area contributed by atoms with Gasteiger partial charge in [-0.2, -0.15) is 0 Å². The van der Waals surface area contributed by atoms with Gasteiger partial charge in [0, 0.05) is 0 Å². The van der Waals surface area contributed by atoms with Crippen LogP contribution < -0.4 is 0 Å². The summed E-state index contributed by atoms with van der Waals surface area (Å²) in [5.74, 6) is 6.40. The van der Waals surface area contributed by atoms with Gasteiger partial charge in [0.05, 0.1) is 5.75 Å². The molecule has 5 unspecified atom stereocenters. The second-order valence-corrected chi connectivity index (χ2v) is 10.8. The van der Waals surface area contributed by atoms with E-state index >= 15 is 0 Å². The molecule has 4 aliphatic carbocycles. The lowest BCUT2D eigenvalue weighted by Gasteiger charge is -2.48. The van der Waals surface area contributed by atoms with Gasteiger partial charge in [-0.25, -0.2) is 0 Å². The Labute approximate surface area is 170 Å². The van der Waals surface area contributed by atoms with Crippen LogP contribution in [0.2, 0.25) is 0 Å². The number of fused-ring (bicyclic) bond motifs is 2. The highest BCUT2D eigenvalue weighted by molar-refractivity contribution is 7.99. The van der Waals surface area contributed by atoms with Gasteiger partial charge in [-0.05, 0) is 99.6 Å². The lowest BCUT2D eigenvalue weighted by atomic mass is 9.58. The number of esters is 1.